The highest BCUT2D eigenvalue weighted by Gasteiger charge is 2.50. The molecule has 2 atom stereocenters. The molecule has 10 nitrogen and oxygen atoms in total. The van der Waals surface area contributed by atoms with Crippen molar-refractivity contribution in [3.8, 4) is 0 Å². The van der Waals surface area contributed by atoms with Gasteiger partial charge in [-0.15, -0.1) is 10.1 Å². The molecule has 10 heteroatoms. The first-order chi connectivity index (χ1) is 25.5. The zero-order chi connectivity index (χ0) is 42.2. The second-order valence-corrected chi connectivity index (χ2v) is 23.1. The molecule has 0 saturated carbocycles. The standard InChI is InChI=1S/C46H86N4O6/c1-39(2)27-21-28-40(3,4)47(39)53-35(37(51)55-49-43(9,10)31-23-32-44(49,11)12)25-19-17-18-20-26-36(54-48-41(5,6)29-22-30-42(48,7)8)38(52)56-50-45(13,14)33-24-34-46(50,15)16/h35-36H,17-34H2,1-16H3. The number of nitrogens with zero attached hydrogens (tertiary/aromatic N) is 4. The third-order valence-electron chi connectivity index (χ3n) is 13.7. The lowest BCUT2D eigenvalue weighted by Crippen LogP contribution is -2.62. The molecule has 2 unspecified atom stereocenters. The normalized spacial score (nSPS) is 28.2. The molecule has 56 heavy (non-hydrogen) atoms. The number of piperidine rings is 4. The minimum absolute atomic E-state index is 0.205. The van der Waals surface area contributed by atoms with Crippen LogP contribution in [0.25, 0.3) is 0 Å². The minimum atomic E-state index is -0.717. The summed E-state index contributed by atoms with van der Waals surface area (Å²) in [7, 11) is 0. The summed E-state index contributed by atoms with van der Waals surface area (Å²) in [6, 6.07) is 0. The van der Waals surface area contributed by atoms with E-state index in [0.717, 1.165) is 103 Å². The zero-order valence-corrected chi connectivity index (χ0v) is 39.1. The molecule has 4 saturated heterocycles. The average Bonchev–Trinajstić information content (AvgIpc) is 3.02. The molecule has 4 heterocycles. The quantitative estimate of drug-likeness (QED) is 0.150. The first-order valence-corrected chi connectivity index (χ1v) is 22.5. The Labute approximate surface area is 343 Å². The van der Waals surface area contributed by atoms with Gasteiger partial charge in [-0.3, -0.25) is 9.68 Å². The van der Waals surface area contributed by atoms with Crippen LogP contribution in [0.5, 0.6) is 0 Å². The van der Waals surface area contributed by atoms with Crippen molar-refractivity contribution in [2.45, 2.75) is 283 Å². The van der Waals surface area contributed by atoms with Crippen LogP contribution in [-0.4, -0.2) is 88.7 Å². The summed E-state index contributed by atoms with van der Waals surface area (Å²) in [5.74, 6) is -0.617. The van der Waals surface area contributed by atoms with Gasteiger partial charge in [0.15, 0.2) is 12.2 Å². The van der Waals surface area contributed by atoms with Crippen LogP contribution in [0, 0.1) is 0 Å². The summed E-state index contributed by atoms with van der Waals surface area (Å²) in [4.78, 5) is 54.8. The van der Waals surface area contributed by atoms with Crippen molar-refractivity contribution < 1.29 is 28.9 Å². The van der Waals surface area contributed by atoms with E-state index in [1.165, 1.54) is 0 Å². The van der Waals surface area contributed by atoms with Crippen molar-refractivity contribution >= 4 is 11.9 Å². The number of carbonyl (C=O) groups excluding carboxylic acids is 2. The summed E-state index contributed by atoms with van der Waals surface area (Å²) < 4.78 is 0. The Bertz CT molecular complexity index is 1170. The fraction of sp³-hybridized carbons (Fsp3) is 0.957. The summed E-state index contributed by atoms with van der Waals surface area (Å²) in [6.45, 7) is 35.1. The molecular formula is C46H86N4O6. The SMILES string of the molecule is CC1(C)CCCC(C)(C)N1OC(=O)C(CCCCCCC(ON1C(C)(C)CCCC1(C)C)C(=O)ON1C(C)(C)CCCC1(C)C)ON1C(C)(C)CCCC1(C)C. The summed E-state index contributed by atoms with van der Waals surface area (Å²) in [5.41, 5.74) is -1.86. The Hall–Kier alpha value is -1.30. The zero-order valence-electron chi connectivity index (χ0n) is 39.1. The van der Waals surface area contributed by atoms with E-state index in [2.05, 4.69) is 121 Å². The van der Waals surface area contributed by atoms with E-state index in [1.807, 2.05) is 10.1 Å². The molecule has 4 aliphatic heterocycles. The van der Waals surface area contributed by atoms with Crippen LogP contribution < -0.4 is 0 Å². The summed E-state index contributed by atoms with van der Waals surface area (Å²) in [5, 5.41) is 8.10. The predicted molar refractivity (Wildman–Crippen MR) is 225 cm³/mol. The molecule has 326 valence electrons. The van der Waals surface area contributed by atoms with E-state index < -0.39 is 12.2 Å². The van der Waals surface area contributed by atoms with E-state index >= 15 is 0 Å². The monoisotopic (exact) mass is 791 g/mol. The Balaban J connectivity index is 1.46. The molecular weight excluding hydrogens is 705 g/mol. The fourth-order valence-corrected chi connectivity index (χ4v) is 11.0. The van der Waals surface area contributed by atoms with E-state index in [0.29, 0.717) is 12.8 Å². The van der Waals surface area contributed by atoms with Crippen molar-refractivity contribution in [1.29, 1.82) is 0 Å². The highest BCUT2D eigenvalue weighted by molar-refractivity contribution is 5.75. The first kappa shape index (κ1) is 47.4. The molecule has 0 aromatic rings. The number of hydroxylamine groups is 8. The Morgan fingerprint density at radius 1 is 0.375 bits per heavy atom. The van der Waals surface area contributed by atoms with Crippen LogP contribution in [0.4, 0.5) is 0 Å². The fourth-order valence-electron chi connectivity index (χ4n) is 11.0. The molecule has 4 rings (SSSR count). The van der Waals surface area contributed by atoms with Gasteiger partial charge < -0.3 is 9.68 Å². The van der Waals surface area contributed by atoms with Gasteiger partial charge in [-0.05, 0) is 201 Å². The lowest BCUT2D eigenvalue weighted by Gasteiger charge is -2.53. The van der Waals surface area contributed by atoms with Gasteiger partial charge in [-0.25, -0.2) is 9.59 Å². The highest BCUT2D eigenvalue weighted by Crippen LogP contribution is 2.43. The lowest BCUT2D eigenvalue weighted by molar-refractivity contribution is -0.319. The third kappa shape index (κ3) is 11.3. The number of hydrogen-bond acceptors (Lipinski definition) is 10. The lowest BCUT2D eigenvalue weighted by atomic mass is 9.82. The van der Waals surface area contributed by atoms with Crippen LogP contribution in [0.2, 0.25) is 0 Å². The Morgan fingerprint density at radius 3 is 0.821 bits per heavy atom. The van der Waals surface area contributed by atoms with E-state index in [4.69, 9.17) is 19.4 Å². The Kier molecular flexibility index (Phi) is 14.7. The first-order valence-electron chi connectivity index (χ1n) is 22.5. The maximum Gasteiger partial charge on any atom is 0.356 e. The van der Waals surface area contributed by atoms with E-state index in [9.17, 15) is 9.59 Å². The van der Waals surface area contributed by atoms with Crippen LogP contribution in [-0.2, 0) is 28.9 Å². The van der Waals surface area contributed by atoms with Gasteiger partial charge >= 0.3 is 11.9 Å². The molecule has 0 spiro atoms. The second kappa shape index (κ2) is 17.4. The maximum atomic E-state index is 14.2. The smallest absolute Gasteiger partial charge is 0.356 e. The van der Waals surface area contributed by atoms with Gasteiger partial charge in [0.2, 0.25) is 0 Å². The molecule has 0 bridgehead atoms. The van der Waals surface area contributed by atoms with Gasteiger partial charge in [0.05, 0.1) is 22.2 Å². The number of hydrogen-bond donors (Lipinski definition) is 0. The van der Waals surface area contributed by atoms with Crippen molar-refractivity contribution in [2.75, 3.05) is 0 Å². The van der Waals surface area contributed by atoms with Crippen LogP contribution >= 0.6 is 0 Å². The van der Waals surface area contributed by atoms with Crippen molar-refractivity contribution in [3.63, 3.8) is 0 Å². The van der Waals surface area contributed by atoms with Gasteiger partial charge in [0, 0.05) is 22.2 Å². The maximum absolute atomic E-state index is 14.2. The molecule has 0 N–H and O–H groups in total. The van der Waals surface area contributed by atoms with Crippen LogP contribution in [0.1, 0.15) is 226 Å². The molecule has 0 aliphatic carbocycles. The third-order valence-corrected chi connectivity index (χ3v) is 13.7. The predicted octanol–water partition coefficient (Wildman–Crippen LogP) is 11.0. The van der Waals surface area contributed by atoms with E-state index in [1.54, 1.807) is 0 Å². The molecule has 0 aromatic carbocycles. The molecule has 4 fully saturated rings. The number of carbonyl (C=O) groups is 2. The largest absolute Gasteiger partial charge is 0.364 e. The number of rotatable bonds is 15. The molecule has 4 aliphatic rings. The van der Waals surface area contributed by atoms with Gasteiger partial charge in [0.1, 0.15) is 0 Å². The second-order valence-electron chi connectivity index (χ2n) is 23.1. The van der Waals surface area contributed by atoms with Crippen molar-refractivity contribution in [3.05, 3.63) is 0 Å². The van der Waals surface area contributed by atoms with Crippen molar-refractivity contribution in [2.24, 2.45) is 0 Å². The van der Waals surface area contributed by atoms with Crippen molar-refractivity contribution in [1.82, 2.24) is 20.3 Å². The summed E-state index contributed by atoms with van der Waals surface area (Å²) >= 11 is 0. The van der Waals surface area contributed by atoms with Crippen LogP contribution in [0.3, 0.4) is 0 Å². The Morgan fingerprint density at radius 2 is 0.589 bits per heavy atom. The topological polar surface area (TPSA) is 84.0 Å². The minimum Gasteiger partial charge on any atom is -0.364 e. The van der Waals surface area contributed by atoms with Crippen LogP contribution in [0.15, 0.2) is 0 Å². The highest BCUT2D eigenvalue weighted by atomic mass is 16.8. The summed E-state index contributed by atoms with van der Waals surface area (Å²) in [6.07, 6.45) is 15.5. The van der Waals surface area contributed by atoms with Gasteiger partial charge in [0.25, 0.3) is 0 Å². The van der Waals surface area contributed by atoms with Gasteiger partial charge in [-0.1, -0.05) is 25.7 Å². The molecule has 0 radical (unpaired) electrons. The van der Waals surface area contributed by atoms with E-state index in [-0.39, 0.29) is 56.3 Å². The average molecular weight is 791 g/mol. The molecule has 0 aromatic heterocycles. The van der Waals surface area contributed by atoms with Gasteiger partial charge in [-0.2, -0.15) is 10.1 Å². The molecule has 0 amide bonds. The number of unbranched alkanes of at least 4 members (excludes halogenated alkanes) is 3.